The summed E-state index contributed by atoms with van der Waals surface area (Å²) in [4.78, 5) is 0. The summed E-state index contributed by atoms with van der Waals surface area (Å²) in [6.07, 6.45) is 0. The Morgan fingerprint density at radius 3 is 1.80 bits per heavy atom. The highest BCUT2D eigenvalue weighted by Gasteiger charge is 2.17. The van der Waals surface area contributed by atoms with Gasteiger partial charge in [-0.2, -0.15) is 16.8 Å². The molecule has 0 fully saturated rings. The summed E-state index contributed by atoms with van der Waals surface area (Å²) in [7, 11) is -9.00. The summed E-state index contributed by atoms with van der Waals surface area (Å²) in [5, 5.41) is 0. The third-order valence-corrected chi connectivity index (χ3v) is 2.77. The van der Waals surface area contributed by atoms with E-state index in [1.165, 1.54) is 6.92 Å². The van der Waals surface area contributed by atoms with E-state index < -0.39 is 26.3 Å². The molecular formula is C2H6O6S2. The molecule has 0 aromatic carbocycles. The summed E-state index contributed by atoms with van der Waals surface area (Å²) in [6.45, 7) is 1.18. The molecule has 0 atom stereocenters. The van der Waals surface area contributed by atoms with Gasteiger partial charge >= 0.3 is 10.4 Å². The molecule has 10 heavy (non-hydrogen) atoms. The molecule has 0 saturated heterocycles. The van der Waals surface area contributed by atoms with Crippen molar-refractivity contribution in [2.24, 2.45) is 0 Å². The van der Waals surface area contributed by atoms with Crippen molar-refractivity contribution in [2.45, 2.75) is 6.92 Å². The van der Waals surface area contributed by atoms with Crippen molar-refractivity contribution in [2.75, 3.05) is 5.75 Å². The minimum atomic E-state index is -4.88. The second-order valence-electron chi connectivity index (χ2n) is 1.34. The minimum absolute atomic E-state index is 0.507. The average molecular weight is 190 g/mol. The van der Waals surface area contributed by atoms with E-state index in [0.29, 0.717) is 0 Å². The second kappa shape index (κ2) is 2.82. The van der Waals surface area contributed by atoms with Crippen LogP contribution < -0.4 is 0 Å². The number of rotatable bonds is 3. The average Bonchev–Trinajstić information content (AvgIpc) is 1.60. The largest absolute Gasteiger partial charge is 0.412 e. The van der Waals surface area contributed by atoms with Crippen molar-refractivity contribution in [3.63, 3.8) is 0 Å². The molecule has 0 spiro atoms. The molecule has 0 saturated carbocycles. The first kappa shape index (κ1) is 9.82. The van der Waals surface area contributed by atoms with Crippen LogP contribution in [0.2, 0.25) is 0 Å². The van der Waals surface area contributed by atoms with Crippen LogP contribution in [0, 0.1) is 0 Å². The lowest BCUT2D eigenvalue weighted by molar-refractivity contribution is 0.384. The molecule has 0 rings (SSSR count). The first-order chi connectivity index (χ1) is 4.27. The highest BCUT2D eigenvalue weighted by molar-refractivity contribution is 7.97. The molecule has 0 bridgehead atoms. The van der Waals surface area contributed by atoms with Crippen LogP contribution >= 0.6 is 0 Å². The lowest BCUT2D eigenvalue weighted by atomic mass is 11.0. The van der Waals surface area contributed by atoms with Crippen LogP contribution in [0.25, 0.3) is 0 Å². The van der Waals surface area contributed by atoms with E-state index in [1.54, 1.807) is 0 Å². The predicted octanol–water partition coefficient (Wildman–Crippen LogP) is -0.844. The van der Waals surface area contributed by atoms with Gasteiger partial charge in [0.1, 0.15) is 0 Å². The maximum absolute atomic E-state index is 10.3. The minimum Gasteiger partial charge on any atom is -0.263 e. The summed E-state index contributed by atoms with van der Waals surface area (Å²) in [6, 6.07) is 0. The fourth-order valence-electron chi connectivity index (χ4n) is 0.179. The molecule has 0 aromatic rings. The monoisotopic (exact) mass is 190 g/mol. The van der Waals surface area contributed by atoms with Crippen LogP contribution in [-0.2, 0) is 24.1 Å². The zero-order valence-corrected chi connectivity index (χ0v) is 6.65. The molecule has 0 aliphatic heterocycles. The van der Waals surface area contributed by atoms with Crippen LogP contribution in [-0.4, -0.2) is 27.1 Å². The Kier molecular flexibility index (Phi) is 2.77. The lowest BCUT2D eigenvalue weighted by Gasteiger charge is -1.95. The fourth-order valence-corrected chi connectivity index (χ4v) is 1.61. The van der Waals surface area contributed by atoms with Crippen LogP contribution in [0.4, 0.5) is 0 Å². The van der Waals surface area contributed by atoms with Crippen molar-refractivity contribution in [1.82, 2.24) is 0 Å². The SMILES string of the molecule is CCS(=O)(=O)OS(=O)(=O)O. The maximum atomic E-state index is 10.3. The van der Waals surface area contributed by atoms with Gasteiger partial charge in [0.05, 0.1) is 5.75 Å². The Morgan fingerprint density at radius 1 is 1.30 bits per heavy atom. The molecule has 0 aliphatic rings. The van der Waals surface area contributed by atoms with Gasteiger partial charge in [-0.3, -0.25) is 4.55 Å². The van der Waals surface area contributed by atoms with E-state index in [1.807, 2.05) is 0 Å². The normalized spacial score (nSPS) is 13.4. The van der Waals surface area contributed by atoms with Crippen molar-refractivity contribution in [1.29, 1.82) is 0 Å². The molecular weight excluding hydrogens is 184 g/mol. The van der Waals surface area contributed by atoms with Gasteiger partial charge in [-0.15, -0.1) is 3.63 Å². The Labute approximate surface area is 58.9 Å². The van der Waals surface area contributed by atoms with Crippen molar-refractivity contribution in [3.8, 4) is 0 Å². The Bertz CT molecular complexity index is 282. The first-order valence-corrected chi connectivity index (χ1v) is 5.12. The van der Waals surface area contributed by atoms with E-state index in [-0.39, 0.29) is 0 Å². The van der Waals surface area contributed by atoms with Crippen molar-refractivity contribution >= 4 is 20.5 Å². The second-order valence-corrected chi connectivity index (χ2v) is 4.43. The smallest absolute Gasteiger partial charge is 0.263 e. The quantitative estimate of drug-likeness (QED) is 0.582. The molecule has 0 unspecified atom stereocenters. The van der Waals surface area contributed by atoms with Crippen LogP contribution in [0.5, 0.6) is 0 Å². The molecule has 0 aromatic heterocycles. The van der Waals surface area contributed by atoms with Gasteiger partial charge in [0.2, 0.25) is 0 Å². The number of hydrogen-bond acceptors (Lipinski definition) is 5. The summed E-state index contributed by atoms with van der Waals surface area (Å²) in [5.74, 6) is -0.507. The molecule has 6 nitrogen and oxygen atoms in total. The summed E-state index contributed by atoms with van der Waals surface area (Å²) in [5.41, 5.74) is 0. The van der Waals surface area contributed by atoms with Crippen molar-refractivity contribution < 1.29 is 25.0 Å². The van der Waals surface area contributed by atoms with Gasteiger partial charge in [0.25, 0.3) is 10.1 Å². The third kappa shape index (κ3) is 4.68. The van der Waals surface area contributed by atoms with Crippen LogP contribution in [0.3, 0.4) is 0 Å². The standard InChI is InChI=1S/C2H6O6S2/c1-2-9(3,4)8-10(5,6)7/h2H2,1H3,(H,5,6,7). The van der Waals surface area contributed by atoms with E-state index in [2.05, 4.69) is 3.63 Å². The van der Waals surface area contributed by atoms with Gasteiger partial charge in [0.15, 0.2) is 0 Å². The fraction of sp³-hybridized carbons (Fsp3) is 1.00. The Balaban J connectivity index is 4.49. The van der Waals surface area contributed by atoms with E-state index in [0.717, 1.165) is 0 Å². The van der Waals surface area contributed by atoms with Gasteiger partial charge in [-0.05, 0) is 6.92 Å². The maximum Gasteiger partial charge on any atom is 0.412 e. The predicted molar refractivity (Wildman–Crippen MR) is 32.1 cm³/mol. The molecule has 8 heteroatoms. The van der Waals surface area contributed by atoms with Gasteiger partial charge in [-0.1, -0.05) is 0 Å². The summed E-state index contributed by atoms with van der Waals surface area (Å²) < 4.78 is 51.2. The molecule has 1 N–H and O–H groups in total. The topological polar surface area (TPSA) is 97.7 Å². The summed E-state index contributed by atoms with van der Waals surface area (Å²) >= 11 is 0. The number of hydrogen-bond donors (Lipinski definition) is 1. The zero-order valence-electron chi connectivity index (χ0n) is 5.01. The Morgan fingerprint density at radius 2 is 1.70 bits per heavy atom. The van der Waals surface area contributed by atoms with E-state index in [4.69, 9.17) is 4.55 Å². The molecule has 62 valence electrons. The van der Waals surface area contributed by atoms with E-state index in [9.17, 15) is 16.8 Å². The van der Waals surface area contributed by atoms with Crippen LogP contribution in [0.1, 0.15) is 6.92 Å². The zero-order chi connectivity index (χ0) is 8.41. The van der Waals surface area contributed by atoms with Gasteiger partial charge in [-0.25, -0.2) is 0 Å². The highest BCUT2D eigenvalue weighted by atomic mass is 32.3. The molecule has 0 amide bonds. The lowest BCUT2D eigenvalue weighted by Crippen LogP contribution is -2.13. The molecule has 0 radical (unpaired) electrons. The van der Waals surface area contributed by atoms with Gasteiger partial charge < -0.3 is 0 Å². The molecule has 0 aliphatic carbocycles. The highest BCUT2D eigenvalue weighted by Crippen LogP contribution is 1.96. The Hall–Kier alpha value is -0.180. The third-order valence-electron chi connectivity index (χ3n) is 0.543. The van der Waals surface area contributed by atoms with E-state index >= 15 is 0 Å². The first-order valence-electron chi connectivity index (χ1n) is 2.18. The van der Waals surface area contributed by atoms with Crippen LogP contribution in [0.15, 0.2) is 0 Å². The van der Waals surface area contributed by atoms with Crippen molar-refractivity contribution in [3.05, 3.63) is 0 Å². The molecule has 0 heterocycles. The van der Waals surface area contributed by atoms with Gasteiger partial charge in [0, 0.05) is 0 Å².